The third kappa shape index (κ3) is 3.39. The van der Waals surface area contributed by atoms with E-state index in [0.717, 1.165) is 22.4 Å². The van der Waals surface area contributed by atoms with Crippen LogP contribution >= 0.6 is 11.6 Å². The third-order valence-corrected chi connectivity index (χ3v) is 4.99. The summed E-state index contributed by atoms with van der Waals surface area (Å²) in [5.41, 5.74) is 4.29. The summed E-state index contributed by atoms with van der Waals surface area (Å²) in [5, 5.41) is 10.9. The summed E-state index contributed by atoms with van der Waals surface area (Å²) in [7, 11) is 0. The highest BCUT2D eigenvalue weighted by molar-refractivity contribution is 6.30. The quantitative estimate of drug-likeness (QED) is 0.691. The zero-order chi connectivity index (χ0) is 19.8. The van der Waals surface area contributed by atoms with Gasteiger partial charge in [-0.05, 0) is 49.2 Å². The number of nitrogens with zero attached hydrogens (tertiary/aromatic N) is 2. The van der Waals surface area contributed by atoms with Crippen molar-refractivity contribution in [1.29, 1.82) is 0 Å². The maximum Gasteiger partial charge on any atom is 0.251 e. The second kappa shape index (κ2) is 7.13. The minimum absolute atomic E-state index is 0.00789. The van der Waals surface area contributed by atoms with E-state index in [9.17, 15) is 9.59 Å². The minimum atomic E-state index is -0.681. The van der Waals surface area contributed by atoms with Crippen molar-refractivity contribution in [2.45, 2.75) is 26.3 Å². The van der Waals surface area contributed by atoms with Gasteiger partial charge in [0.25, 0.3) is 5.91 Å². The smallest absolute Gasteiger partial charge is 0.251 e. The molecule has 0 saturated carbocycles. The Balaban J connectivity index is 1.58. The first kappa shape index (κ1) is 18.3. The lowest BCUT2D eigenvalue weighted by Gasteiger charge is -2.10. The van der Waals surface area contributed by atoms with E-state index in [1.165, 1.54) is 0 Å². The van der Waals surface area contributed by atoms with Crippen LogP contribution in [0, 0.1) is 13.8 Å². The molecule has 0 radical (unpaired) electrons. The number of halogens is 1. The monoisotopic (exact) mass is 394 g/mol. The molecule has 3 aromatic rings. The van der Waals surface area contributed by atoms with Crippen LogP contribution in [-0.2, 0) is 9.59 Å². The number of anilines is 2. The van der Waals surface area contributed by atoms with Gasteiger partial charge in [0.2, 0.25) is 5.91 Å². The normalized spacial score (nSPS) is 15.2. The standard InChI is InChI=1S/C21H19ClN4O2/c1-12-4-3-5-16(10-12)23-18(27)11-17-21(28)24-20-19(13(2)25-26(17)20)14-6-8-15(22)9-7-14/h3-10,17H,11H2,1-2H3,(H,23,27)(H,24,28). The molecule has 0 spiro atoms. The van der Waals surface area contributed by atoms with Crippen molar-refractivity contribution in [2.75, 3.05) is 10.6 Å². The van der Waals surface area contributed by atoms with Crippen LogP contribution in [0.2, 0.25) is 5.02 Å². The van der Waals surface area contributed by atoms with Gasteiger partial charge in [0.05, 0.1) is 12.1 Å². The molecule has 142 valence electrons. The molecule has 7 heteroatoms. The second-order valence-electron chi connectivity index (χ2n) is 6.89. The van der Waals surface area contributed by atoms with Gasteiger partial charge in [-0.1, -0.05) is 35.9 Å². The van der Waals surface area contributed by atoms with Crippen molar-refractivity contribution in [3.05, 3.63) is 64.8 Å². The summed E-state index contributed by atoms with van der Waals surface area (Å²) in [6, 6.07) is 14.2. The van der Waals surface area contributed by atoms with Gasteiger partial charge in [-0.15, -0.1) is 0 Å². The fourth-order valence-electron chi connectivity index (χ4n) is 3.46. The molecule has 6 nitrogen and oxygen atoms in total. The minimum Gasteiger partial charge on any atom is -0.326 e. The average Bonchev–Trinajstić information content (AvgIpc) is 3.10. The molecule has 1 aliphatic rings. The Bertz CT molecular complexity index is 1070. The lowest BCUT2D eigenvalue weighted by atomic mass is 10.1. The fourth-order valence-corrected chi connectivity index (χ4v) is 3.58. The van der Waals surface area contributed by atoms with Gasteiger partial charge in [-0.25, -0.2) is 4.68 Å². The number of amides is 2. The molecule has 4 rings (SSSR count). The summed E-state index contributed by atoms with van der Waals surface area (Å²) >= 11 is 5.97. The van der Waals surface area contributed by atoms with E-state index in [1.807, 2.05) is 50.2 Å². The molecule has 1 aliphatic heterocycles. The predicted octanol–water partition coefficient (Wildman–Crippen LogP) is 4.34. The highest BCUT2D eigenvalue weighted by Crippen LogP contribution is 2.38. The van der Waals surface area contributed by atoms with Crippen molar-refractivity contribution in [2.24, 2.45) is 0 Å². The largest absolute Gasteiger partial charge is 0.326 e. The van der Waals surface area contributed by atoms with Crippen LogP contribution in [0.3, 0.4) is 0 Å². The molecular weight excluding hydrogens is 376 g/mol. The van der Waals surface area contributed by atoms with Crippen LogP contribution in [0.4, 0.5) is 11.5 Å². The first-order valence-corrected chi connectivity index (χ1v) is 9.32. The van der Waals surface area contributed by atoms with Crippen molar-refractivity contribution < 1.29 is 9.59 Å². The Morgan fingerprint density at radius 2 is 1.96 bits per heavy atom. The summed E-state index contributed by atoms with van der Waals surface area (Å²) < 4.78 is 1.61. The number of aryl methyl sites for hydroxylation is 2. The number of fused-ring (bicyclic) bond motifs is 1. The molecule has 1 aromatic heterocycles. The lowest BCUT2D eigenvalue weighted by molar-refractivity contribution is -0.123. The van der Waals surface area contributed by atoms with E-state index < -0.39 is 6.04 Å². The maximum atomic E-state index is 12.5. The van der Waals surface area contributed by atoms with Gasteiger partial charge in [-0.2, -0.15) is 5.10 Å². The van der Waals surface area contributed by atoms with E-state index in [1.54, 1.807) is 16.8 Å². The van der Waals surface area contributed by atoms with Crippen molar-refractivity contribution in [3.63, 3.8) is 0 Å². The van der Waals surface area contributed by atoms with E-state index in [2.05, 4.69) is 15.7 Å². The lowest BCUT2D eigenvalue weighted by Crippen LogP contribution is -2.23. The van der Waals surface area contributed by atoms with Crippen LogP contribution < -0.4 is 10.6 Å². The zero-order valence-corrected chi connectivity index (χ0v) is 16.2. The van der Waals surface area contributed by atoms with Gasteiger partial charge < -0.3 is 10.6 Å². The van der Waals surface area contributed by atoms with Gasteiger partial charge in [0.15, 0.2) is 0 Å². The van der Waals surface area contributed by atoms with Crippen LogP contribution in [0.1, 0.15) is 23.7 Å². The number of aromatic nitrogens is 2. The average molecular weight is 395 g/mol. The number of hydrogen-bond acceptors (Lipinski definition) is 3. The van der Waals surface area contributed by atoms with Crippen LogP contribution in [-0.4, -0.2) is 21.6 Å². The van der Waals surface area contributed by atoms with Gasteiger partial charge >= 0.3 is 0 Å². The second-order valence-corrected chi connectivity index (χ2v) is 7.32. The molecule has 2 N–H and O–H groups in total. The number of carbonyl (C=O) groups is 2. The first-order valence-electron chi connectivity index (χ1n) is 8.95. The molecule has 2 heterocycles. The van der Waals surface area contributed by atoms with Crippen LogP contribution in [0.15, 0.2) is 48.5 Å². The summed E-state index contributed by atoms with van der Waals surface area (Å²) in [5.74, 6) is 0.134. The highest BCUT2D eigenvalue weighted by atomic mass is 35.5. The highest BCUT2D eigenvalue weighted by Gasteiger charge is 2.36. The van der Waals surface area contributed by atoms with Gasteiger partial charge in [0, 0.05) is 16.3 Å². The van der Waals surface area contributed by atoms with Crippen molar-refractivity contribution in [1.82, 2.24) is 9.78 Å². The number of benzene rings is 2. The maximum absolute atomic E-state index is 12.5. The van der Waals surface area contributed by atoms with Crippen LogP contribution in [0.5, 0.6) is 0 Å². The van der Waals surface area contributed by atoms with Crippen molar-refractivity contribution >= 4 is 34.9 Å². The number of nitrogens with one attached hydrogen (secondary N) is 2. The van der Waals surface area contributed by atoms with Gasteiger partial charge in [-0.3, -0.25) is 9.59 Å². The Morgan fingerprint density at radius 1 is 1.21 bits per heavy atom. The Labute approximate surface area is 167 Å². The topological polar surface area (TPSA) is 76.0 Å². The third-order valence-electron chi connectivity index (χ3n) is 4.74. The molecule has 1 atom stereocenters. The molecular formula is C21H19ClN4O2. The van der Waals surface area contributed by atoms with Crippen LogP contribution in [0.25, 0.3) is 11.1 Å². The summed E-state index contributed by atoms with van der Waals surface area (Å²) in [6.45, 7) is 3.84. The zero-order valence-electron chi connectivity index (χ0n) is 15.5. The fraction of sp³-hybridized carbons (Fsp3) is 0.190. The molecule has 28 heavy (non-hydrogen) atoms. The van der Waals surface area contributed by atoms with E-state index in [4.69, 9.17) is 11.6 Å². The summed E-state index contributed by atoms with van der Waals surface area (Å²) in [4.78, 5) is 25.0. The van der Waals surface area contributed by atoms with Crippen molar-refractivity contribution in [3.8, 4) is 11.1 Å². The molecule has 1 unspecified atom stereocenters. The molecule has 0 saturated heterocycles. The molecule has 0 bridgehead atoms. The number of carbonyl (C=O) groups excluding carboxylic acids is 2. The number of rotatable bonds is 4. The van der Waals surface area contributed by atoms with Gasteiger partial charge in [0.1, 0.15) is 11.9 Å². The summed E-state index contributed by atoms with van der Waals surface area (Å²) in [6.07, 6.45) is 0.00789. The molecule has 0 fully saturated rings. The Hall–Kier alpha value is -3.12. The molecule has 2 aromatic carbocycles. The van der Waals surface area contributed by atoms with E-state index in [-0.39, 0.29) is 18.2 Å². The van der Waals surface area contributed by atoms with E-state index in [0.29, 0.717) is 16.5 Å². The number of hydrogen-bond donors (Lipinski definition) is 2. The predicted molar refractivity (Wildman–Crippen MR) is 110 cm³/mol. The first-order chi connectivity index (χ1) is 13.4. The SMILES string of the molecule is Cc1cccc(NC(=O)CC2C(=O)Nc3c(-c4ccc(Cl)cc4)c(C)nn32)c1. The molecule has 0 aliphatic carbocycles. The Morgan fingerprint density at radius 3 is 2.68 bits per heavy atom. The molecule has 2 amide bonds. The Kier molecular flexibility index (Phi) is 4.65. The van der Waals surface area contributed by atoms with E-state index >= 15 is 0 Å².